The van der Waals surface area contributed by atoms with Gasteiger partial charge in [0.2, 0.25) is 10.0 Å². The predicted molar refractivity (Wildman–Crippen MR) is 119 cm³/mol. The van der Waals surface area contributed by atoms with Crippen LogP contribution in [0.4, 0.5) is 0 Å². The summed E-state index contributed by atoms with van der Waals surface area (Å²) in [4.78, 5) is 4.09. The van der Waals surface area contributed by atoms with Gasteiger partial charge < -0.3 is 4.74 Å². The number of thioether (sulfide) groups is 1. The van der Waals surface area contributed by atoms with Crippen LogP contribution in [-0.2, 0) is 16.6 Å². The number of hydrogen-bond acceptors (Lipinski definition) is 5. The molecule has 0 amide bonds. The minimum atomic E-state index is -3.50. The van der Waals surface area contributed by atoms with Crippen LogP contribution in [0.25, 0.3) is 0 Å². The second-order valence-electron chi connectivity index (χ2n) is 7.51. The first-order chi connectivity index (χ1) is 13.9. The highest BCUT2D eigenvalue weighted by Gasteiger charge is 2.22. The summed E-state index contributed by atoms with van der Waals surface area (Å²) in [7, 11) is -1.92. The Morgan fingerprint density at radius 2 is 1.90 bits per heavy atom. The average molecular weight is 435 g/mol. The number of aryl methyl sites for hydroxylation is 1. The van der Waals surface area contributed by atoms with Crippen LogP contribution >= 0.6 is 11.8 Å². The highest BCUT2D eigenvalue weighted by Crippen LogP contribution is 2.25. The highest BCUT2D eigenvalue weighted by atomic mass is 32.2. The van der Waals surface area contributed by atoms with Crippen molar-refractivity contribution in [1.82, 2.24) is 9.62 Å². The minimum absolute atomic E-state index is 0.293. The van der Waals surface area contributed by atoms with Crippen molar-refractivity contribution < 1.29 is 13.2 Å². The molecule has 158 valence electrons. The number of sulfonamides is 1. The molecule has 0 radical (unpaired) electrons. The lowest BCUT2D eigenvalue weighted by atomic mass is 9.97. The monoisotopic (exact) mass is 434 g/mol. The van der Waals surface area contributed by atoms with Gasteiger partial charge in [-0.25, -0.2) is 13.1 Å². The van der Waals surface area contributed by atoms with Gasteiger partial charge in [0, 0.05) is 18.0 Å². The summed E-state index contributed by atoms with van der Waals surface area (Å²) in [5.74, 6) is 1.07. The van der Waals surface area contributed by atoms with Gasteiger partial charge in [-0.15, -0.1) is 11.8 Å². The molecule has 7 heteroatoms. The van der Waals surface area contributed by atoms with Crippen LogP contribution in [0.15, 0.2) is 52.3 Å². The van der Waals surface area contributed by atoms with Gasteiger partial charge in [0.05, 0.1) is 12.0 Å². The summed E-state index contributed by atoms with van der Waals surface area (Å²) in [6.07, 6.45) is 4.12. The van der Waals surface area contributed by atoms with Gasteiger partial charge in [0.1, 0.15) is 5.75 Å². The van der Waals surface area contributed by atoms with Gasteiger partial charge >= 0.3 is 0 Å². The second-order valence-corrected chi connectivity index (χ2v) is 10.1. The molecule has 0 aromatic heterocycles. The van der Waals surface area contributed by atoms with E-state index < -0.39 is 10.0 Å². The molecule has 1 aliphatic heterocycles. The Morgan fingerprint density at radius 1 is 1.17 bits per heavy atom. The number of hydrogen-bond donors (Lipinski definition) is 1. The van der Waals surface area contributed by atoms with E-state index in [1.54, 1.807) is 37.1 Å². The molecule has 1 N–H and O–H groups in total. The van der Waals surface area contributed by atoms with E-state index >= 15 is 0 Å². The Hall–Kier alpha value is -1.54. The van der Waals surface area contributed by atoms with Crippen molar-refractivity contribution in [3.8, 4) is 5.75 Å². The van der Waals surface area contributed by atoms with Crippen LogP contribution in [0.5, 0.6) is 5.75 Å². The number of ether oxygens (including phenoxy) is 1. The summed E-state index contributed by atoms with van der Waals surface area (Å²) in [5.41, 5.74) is 2.18. The Labute approximate surface area is 178 Å². The van der Waals surface area contributed by atoms with Gasteiger partial charge in [-0.1, -0.05) is 18.2 Å². The molecule has 1 heterocycles. The lowest BCUT2D eigenvalue weighted by Crippen LogP contribution is -2.38. The Kier molecular flexibility index (Phi) is 7.62. The van der Waals surface area contributed by atoms with E-state index in [4.69, 9.17) is 4.74 Å². The molecular formula is C22H30N2O3S2. The lowest BCUT2D eigenvalue weighted by molar-refractivity contribution is 0.177. The molecule has 0 atom stereocenters. The van der Waals surface area contributed by atoms with Crippen molar-refractivity contribution in [3.63, 3.8) is 0 Å². The number of nitrogens with one attached hydrogen (secondary N) is 1. The van der Waals surface area contributed by atoms with E-state index in [1.165, 1.54) is 10.5 Å². The fraction of sp³-hybridized carbons (Fsp3) is 0.455. The van der Waals surface area contributed by atoms with Gasteiger partial charge in [0.25, 0.3) is 0 Å². The normalized spacial score (nSPS) is 16.1. The molecule has 0 saturated carbocycles. The molecule has 2 aromatic rings. The van der Waals surface area contributed by atoms with Crippen molar-refractivity contribution >= 4 is 21.8 Å². The van der Waals surface area contributed by atoms with Gasteiger partial charge in [-0.2, -0.15) is 0 Å². The number of methoxy groups -OCH3 is 1. The first-order valence-corrected chi connectivity index (χ1v) is 12.6. The predicted octanol–water partition coefficient (Wildman–Crippen LogP) is 3.92. The summed E-state index contributed by atoms with van der Waals surface area (Å²) >= 11 is 1.79. The maximum absolute atomic E-state index is 12.6. The Morgan fingerprint density at radius 3 is 2.55 bits per heavy atom. The first-order valence-electron chi connectivity index (χ1n) is 9.91. The highest BCUT2D eigenvalue weighted by molar-refractivity contribution is 7.98. The molecule has 1 fully saturated rings. The SMILES string of the molecule is COc1ccc(S(=O)(=O)NCC2CCN(Cc3ccccc3SC)CC2)cc1C. The van der Waals surface area contributed by atoms with Crippen molar-refractivity contribution in [2.45, 2.75) is 36.1 Å². The third-order valence-corrected chi connectivity index (χ3v) is 7.79. The third-order valence-electron chi connectivity index (χ3n) is 5.53. The van der Waals surface area contributed by atoms with Crippen molar-refractivity contribution in [1.29, 1.82) is 0 Å². The third kappa shape index (κ3) is 5.75. The molecule has 29 heavy (non-hydrogen) atoms. The molecule has 3 rings (SSSR count). The zero-order valence-electron chi connectivity index (χ0n) is 17.3. The number of nitrogens with zero attached hydrogens (tertiary/aromatic N) is 1. The molecule has 0 spiro atoms. The van der Waals surface area contributed by atoms with Gasteiger partial charge in [-0.05, 0) is 80.4 Å². The summed E-state index contributed by atoms with van der Waals surface area (Å²) in [6.45, 7) is 5.29. The molecule has 2 aromatic carbocycles. The van der Waals surface area contributed by atoms with Crippen LogP contribution in [0.1, 0.15) is 24.0 Å². The number of likely N-dealkylation sites (tertiary alicyclic amines) is 1. The zero-order chi connectivity index (χ0) is 20.9. The zero-order valence-corrected chi connectivity index (χ0v) is 19.0. The number of piperidine rings is 1. The Bertz CT molecular complexity index is 923. The van der Waals surface area contributed by atoms with Crippen molar-refractivity contribution in [2.75, 3.05) is 33.0 Å². The van der Waals surface area contributed by atoms with E-state index in [2.05, 4.69) is 40.1 Å². The van der Waals surface area contributed by atoms with E-state index in [-0.39, 0.29) is 0 Å². The van der Waals surface area contributed by atoms with Gasteiger partial charge in [-0.3, -0.25) is 4.90 Å². The van der Waals surface area contributed by atoms with Crippen LogP contribution in [0.3, 0.4) is 0 Å². The van der Waals surface area contributed by atoms with Crippen molar-refractivity contribution in [3.05, 3.63) is 53.6 Å². The van der Waals surface area contributed by atoms with E-state index in [0.29, 0.717) is 23.1 Å². The largest absolute Gasteiger partial charge is 0.496 e. The minimum Gasteiger partial charge on any atom is -0.496 e. The van der Waals surface area contributed by atoms with E-state index in [0.717, 1.165) is 38.0 Å². The smallest absolute Gasteiger partial charge is 0.240 e. The number of benzene rings is 2. The van der Waals surface area contributed by atoms with E-state index in [9.17, 15) is 8.42 Å². The molecule has 1 saturated heterocycles. The average Bonchev–Trinajstić information content (AvgIpc) is 2.73. The molecule has 0 bridgehead atoms. The quantitative estimate of drug-likeness (QED) is 0.638. The summed E-state index contributed by atoms with van der Waals surface area (Å²) in [5, 5.41) is 0. The van der Waals surface area contributed by atoms with Crippen LogP contribution in [-0.4, -0.2) is 46.3 Å². The standard InChI is InChI=1S/C22H30N2O3S2/c1-17-14-20(8-9-21(17)27-2)29(25,26)23-15-18-10-12-24(13-11-18)16-19-6-4-5-7-22(19)28-3/h4-9,14,18,23H,10-13,15-16H2,1-3H3. The molecule has 1 aliphatic rings. The maximum Gasteiger partial charge on any atom is 0.240 e. The molecule has 0 aliphatic carbocycles. The van der Waals surface area contributed by atoms with E-state index in [1.807, 2.05) is 6.92 Å². The fourth-order valence-corrected chi connectivity index (χ4v) is 5.56. The fourth-order valence-electron chi connectivity index (χ4n) is 3.75. The molecular weight excluding hydrogens is 404 g/mol. The van der Waals surface area contributed by atoms with Crippen LogP contribution < -0.4 is 9.46 Å². The lowest BCUT2D eigenvalue weighted by Gasteiger charge is -2.32. The summed E-state index contributed by atoms with van der Waals surface area (Å²) < 4.78 is 33.3. The Balaban J connectivity index is 1.51. The summed E-state index contributed by atoms with van der Waals surface area (Å²) in [6, 6.07) is 13.5. The van der Waals surface area contributed by atoms with Gasteiger partial charge in [0.15, 0.2) is 0 Å². The number of rotatable bonds is 8. The maximum atomic E-state index is 12.6. The second kappa shape index (κ2) is 9.98. The first kappa shape index (κ1) is 22.2. The van der Waals surface area contributed by atoms with Crippen LogP contribution in [0.2, 0.25) is 0 Å². The van der Waals surface area contributed by atoms with Crippen LogP contribution in [0, 0.1) is 12.8 Å². The molecule has 5 nitrogen and oxygen atoms in total. The molecule has 0 unspecified atom stereocenters. The van der Waals surface area contributed by atoms with Crippen molar-refractivity contribution in [2.24, 2.45) is 5.92 Å². The topological polar surface area (TPSA) is 58.6 Å².